The summed E-state index contributed by atoms with van der Waals surface area (Å²) in [7, 11) is 2.16. The first kappa shape index (κ1) is 13.9. The minimum atomic E-state index is -0.0937. The first-order valence-corrected chi connectivity index (χ1v) is 7.90. The minimum Gasteiger partial charge on any atom is -0.489 e. The lowest BCUT2D eigenvalue weighted by Gasteiger charge is -2.30. The van der Waals surface area contributed by atoms with Crippen molar-refractivity contribution in [1.29, 1.82) is 0 Å². The molecule has 1 saturated carbocycles. The molecule has 1 atom stereocenters. The number of likely N-dealkylation sites (N-methyl/N-ethyl adjacent to an activating group) is 1. The molecule has 1 aromatic rings. The van der Waals surface area contributed by atoms with E-state index in [0.717, 1.165) is 31.6 Å². The van der Waals surface area contributed by atoms with Crippen molar-refractivity contribution < 1.29 is 4.74 Å². The summed E-state index contributed by atoms with van der Waals surface area (Å²) >= 11 is 0. The van der Waals surface area contributed by atoms with Gasteiger partial charge in [-0.15, -0.1) is 0 Å². The van der Waals surface area contributed by atoms with Crippen LogP contribution in [0.5, 0.6) is 5.75 Å². The van der Waals surface area contributed by atoms with Crippen LogP contribution in [0.25, 0.3) is 0 Å². The Balaban J connectivity index is 1.64. The van der Waals surface area contributed by atoms with Crippen LogP contribution in [-0.2, 0) is 5.54 Å². The summed E-state index contributed by atoms with van der Waals surface area (Å²) in [6, 6.07) is 8.51. The topological polar surface area (TPSA) is 38.5 Å². The van der Waals surface area contributed by atoms with Gasteiger partial charge in [0.05, 0.1) is 0 Å². The molecule has 1 saturated heterocycles. The van der Waals surface area contributed by atoms with Gasteiger partial charge in [-0.1, -0.05) is 25.0 Å². The van der Waals surface area contributed by atoms with E-state index in [4.69, 9.17) is 10.5 Å². The number of hydrogen-bond acceptors (Lipinski definition) is 3. The third kappa shape index (κ3) is 2.99. The number of likely N-dealkylation sites (tertiary alicyclic amines) is 1. The molecule has 110 valence electrons. The van der Waals surface area contributed by atoms with E-state index in [9.17, 15) is 0 Å². The average Bonchev–Trinajstić information content (AvgIpc) is 2.88. The predicted octanol–water partition coefficient (Wildman–Crippen LogP) is 2.89. The van der Waals surface area contributed by atoms with Gasteiger partial charge in [0.2, 0.25) is 0 Å². The summed E-state index contributed by atoms with van der Waals surface area (Å²) in [6.07, 6.45) is 7.45. The van der Waals surface area contributed by atoms with Crippen LogP contribution in [0.2, 0.25) is 0 Å². The zero-order chi connectivity index (χ0) is 14.0. The Labute approximate surface area is 122 Å². The summed E-state index contributed by atoms with van der Waals surface area (Å²) in [5, 5.41) is 0. The Hall–Kier alpha value is -1.06. The van der Waals surface area contributed by atoms with Crippen molar-refractivity contribution in [3.8, 4) is 5.75 Å². The number of hydrogen-bond donors (Lipinski definition) is 1. The Kier molecular flexibility index (Phi) is 3.99. The third-order valence-corrected chi connectivity index (χ3v) is 4.81. The number of nitrogens with zero attached hydrogens (tertiary/aromatic N) is 1. The van der Waals surface area contributed by atoms with Crippen LogP contribution in [-0.4, -0.2) is 31.1 Å². The van der Waals surface area contributed by atoms with Crippen molar-refractivity contribution in [3.05, 3.63) is 29.8 Å². The van der Waals surface area contributed by atoms with E-state index < -0.39 is 0 Å². The molecule has 3 nitrogen and oxygen atoms in total. The summed E-state index contributed by atoms with van der Waals surface area (Å²) in [4.78, 5) is 2.34. The number of nitrogens with two attached hydrogens (primary N) is 1. The first-order chi connectivity index (χ1) is 9.66. The lowest BCUT2D eigenvalue weighted by atomic mass is 9.89. The average molecular weight is 274 g/mol. The predicted molar refractivity (Wildman–Crippen MR) is 81.9 cm³/mol. The van der Waals surface area contributed by atoms with Crippen LogP contribution < -0.4 is 10.5 Å². The van der Waals surface area contributed by atoms with E-state index in [1.807, 2.05) is 0 Å². The van der Waals surface area contributed by atoms with Crippen molar-refractivity contribution in [3.63, 3.8) is 0 Å². The lowest BCUT2D eigenvalue weighted by Crippen LogP contribution is -2.38. The molecule has 1 aliphatic heterocycles. The Morgan fingerprint density at radius 3 is 2.50 bits per heavy atom. The maximum Gasteiger partial charge on any atom is 0.119 e. The zero-order valence-corrected chi connectivity index (χ0v) is 12.5. The molecule has 20 heavy (non-hydrogen) atoms. The molecule has 3 heteroatoms. The van der Waals surface area contributed by atoms with E-state index in [1.165, 1.54) is 31.4 Å². The molecule has 0 aromatic heterocycles. The smallest absolute Gasteiger partial charge is 0.119 e. The molecule has 0 spiro atoms. The van der Waals surface area contributed by atoms with Crippen molar-refractivity contribution in [2.24, 2.45) is 5.73 Å². The number of benzene rings is 1. The van der Waals surface area contributed by atoms with Gasteiger partial charge in [0.1, 0.15) is 11.9 Å². The molecule has 2 fully saturated rings. The highest BCUT2D eigenvalue weighted by atomic mass is 16.5. The molecule has 1 aliphatic carbocycles. The second kappa shape index (κ2) is 5.74. The van der Waals surface area contributed by atoms with E-state index in [1.54, 1.807) is 0 Å². The van der Waals surface area contributed by atoms with Gasteiger partial charge in [0, 0.05) is 12.1 Å². The highest BCUT2D eigenvalue weighted by Crippen LogP contribution is 2.36. The first-order valence-electron chi connectivity index (χ1n) is 7.90. The third-order valence-electron chi connectivity index (χ3n) is 4.81. The minimum absolute atomic E-state index is 0.0937. The van der Waals surface area contributed by atoms with Gasteiger partial charge < -0.3 is 15.4 Å². The van der Waals surface area contributed by atoms with E-state index in [0.29, 0.717) is 6.10 Å². The normalized spacial score (nSPS) is 26.6. The van der Waals surface area contributed by atoms with E-state index >= 15 is 0 Å². The molecule has 0 amide bonds. The Morgan fingerprint density at radius 2 is 1.85 bits per heavy atom. The molecular formula is C17H26N2O. The largest absolute Gasteiger partial charge is 0.489 e. The highest BCUT2D eigenvalue weighted by Gasteiger charge is 2.31. The van der Waals surface area contributed by atoms with Gasteiger partial charge in [-0.3, -0.25) is 0 Å². The Bertz CT molecular complexity index is 437. The maximum absolute atomic E-state index is 6.49. The van der Waals surface area contributed by atoms with Gasteiger partial charge in [-0.05, 0) is 57.0 Å². The standard InChI is InChI=1S/C17H26N2O/c1-19-12-4-5-16(13-19)20-15-8-6-14(7-9-15)17(18)10-2-3-11-17/h6-9,16H,2-5,10-13,18H2,1H3. The van der Waals surface area contributed by atoms with Gasteiger partial charge in [0.15, 0.2) is 0 Å². The molecule has 2 N–H and O–H groups in total. The van der Waals surface area contributed by atoms with Crippen molar-refractivity contribution in [1.82, 2.24) is 4.90 Å². The van der Waals surface area contributed by atoms with Crippen molar-refractivity contribution in [2.75, 3.05) is 20.1 Å². The molecule has 2 aliphatic rings. The molecule has 1 aromatic carbocycles. The lowest BCUT2D eigenvalue weighted by molar-refractivity contribution is 0.104. The number of rotatable bonds is 3. The van der Waals surface area contributed by atoms with Crippen LogP contribution in [0.4, 0.5) is 0 Å². The van der Waals surface area contributed by atoms with E-state index in [2.05, 4.69) is 36.2 Å². The van der Waals surface area contributed by atoms with Crippen molar-refractivity contribution >= 4 is 0 Å². The van der Waals surface area contributed by atoms with Gasteiger partial charge in [-0.25, -0.2) is 0 Å². The van der Waals surface area contributed by atoms with Crippen LogP contribution in [0.3, 0.4) is 0 Å². The second-order valence-corrected chi connectivity index (χ2v) is 6.53. The number of piperidine rings is 1. The van der Waals surface area contributed by atoms with Crippen LogP contribution in [0.1, 0.15) is 44.1 Å². The van der Waals surface area contributed by atoms with Gasteiger partial charge >= 0.3 is 0 Å². The summed E-state index contributed by atoms with van der Waals surface area (Å²) in [5.41, 5.74) is 7.66. The fourth-order valence-corrected chi connectivity index (χ4v) is 3.57. The van der Waals surface area contributed by atoms with Crippen molar-refractivity contribution in [2.45, 2.75) is 50.2 Å². The summed E-state index contributed by atoms with van der Waals surface area (Å²) in [5.74, 6) is 0.982. The fraction of sp³-hybridized carbons (Fsp3) is 0.647. The Morgan fingerprint density at radius 1 is 1.15 bits per heavy atom. The monoisotopic (exact) mass is 274 g/mol. The van der Waals surface area contributed by atoms with Crippen LogP contribution >= 0.6 is 0 Å². The molecule has 3 rings (SSSR count). The van der Waals surface area contributed by atoms with Gasteiger partial charge in [-0.2, -0.15) is 0 Å². The molecule has 1 unspecified atom stereocenters. The molecular weight excluding hydrogens is 248 g/mol. The fourth-order valence-electron chi connectivity index (χ4n) is 3.57. The maximum atomic E-state index is 6.49. The summed E-state index contributed by atoms with van der Waals surface area (Å²) < 4.78 is 6.09. The second-order valence-electron chi connectivity index (χ2n) is 6.53. The van der Waals surface area contributed by atoms with Gasteiger partial charge in [0.25, 0.3) is 0 Å². The quantitative estimate of drug-likeness (QED) is 0.921. The SMILES string of the molecule is CN1CCCC(Oc2ccc(C3(N)CCCC3)cc2)C1. The molecule has 0 bridgehead atoms. The number of ether oxygens (including phenoxy) is 1. The van der Waals surface area contributed by atoms with E-state index in [-0.39, 0.29) is 5.54 Å². The van der Waals surface area contributed by atoms with Crippen LogP contribution in [0.15, 0.2) is 24.3 Å². The molecule has 0 radical (unpaired) electrons. The summed E-state index contributed by atoms with van der Waals surface area (Å²) in [6.45, 7) is 2.22. The molecule has 1 heterocycles. The van der Waals surface area contributed by atoms with Crippen LogP contribution in [0, 0.1) is 0 Å². The zero-order valence-electron chi connectivity index (χ0n) is 12.5. The highest BCUT2D eigenvalue weighted by molar-refractivity contribution is 5.32.